The Labute approximate surface area is 149 Å². The summed E-state index contributed by atoms with van der Waals surface area (Å²) in [7, 11) is 0. The summed E-state index contributed by atoms with van der Waals surface area (Å²) in [4.78, 5) is 22.4. The maximum atomic E-state index is 12.0. The van der Waals surface area contributed by atoms with Gasteiger partial charge in [0.05, 0.1) is 11.0 Å². The molecule has 3 aromatic rings. The van der Waals surface area contributed by atoms with Crippen molar-refractivity contribution >= 4 is 22.4 Å². The van der Waals surface area contributed by atoms with Gasteiger partial charge in [-0.1, -0.05) is 36.9 Å². The van der Waals surface area contributed by atoms with Gasteiger partial charge in [-0.05, 0) is 40.6 Å². The molecule has 1 amide bonds. The SMILES string of the molecule is C=CC(=O)NC(c1ccc([N+](=O)[O-])cc1)c1c(O)ccc2ccccc12. The van der Waals surface area contributed by atoms with Crippen LogP contribution in [0.15, 0.2) is 73.3 Å². The fourth-order valence-corrected chi connectivity index (χ4v) is 2.90. The standard InChI is InChI=1S/C20H16N2O4/c1-2-18(24)21-20(14-7-10-15(11-8-14)22(25)26)19-16-6-4-3-5-13(16)9-12-17(19)23/h2-12,20,23H,1H2,(H,21,24). The monoisotopic (exact) mass is 348 g/mol. The Morgan fingerprint density at radius 2 is 1.81 bits per heavy atom. The lowest BCUT2D eigenvalue weighted by Gasteiger charge is -2.22. The third-order valence-electron chi connectivity index (χ3n) is 4.15. The highest BCUT2D eigenvalue weighted by atomic mass is 16.6. The number of hydrogen-bond donors (Lipinski definition) is 2. The van der Waals surface area contributed by atoms with Gasteiger partial charge in [-0.25, -0.2) is 0 Å². The Morgan fingerprint density at radius 3 is 2.46 bits per heavy atom. The fraction of sp³-hybridized carbons (Fsp3) is 0.0500. The number of carbonyl (C=O) groups is 1. The largest absolute Gasteiger partial charge is 0.508 e. The van der Waals surface area contributed by atoms with E-state index in [9.17, 15) is 20.0 Å². The number of fused-ring (bicyclic) bond motifs is 1. The maximum Gasteiger partial charge on any atom is 0.269 e. The average Bonchev–Trinajstić information content (AvgIpc) is 2.66. The molecule has 0 spiro atoms. The van der Waals surface area contributed by atoms with Crippen LogP contribution in [-0.2, 0) is 4.79 Å². The lowest BCUT2D eigenvalue weighted by molar-refractivity contribution is -0.384. The molecule has 3 rings (SSSR count). The van der Waals surface area contributed by atoms with Crippen molar-refractivity contribution in [3.63, 3.8) is 0 Å². The number of amides is 1. The molecule has 2 N–H and O–H groups in total. The summed E-state index contributed by atoms with van der Waals surface area (Å²) in [6.07, 6.45) is 1.14. The average molecular weight is 348 g/mol. The van der Waals surface area contributed by atoms with E-state index in [0.29, 0.717) is 11.1 Å². The summed E-state index contributed by atoms with van der Waals surface area (Å²) in [6.45, 7) is 3.46. The first-order chi connectivity index (χ1) is 12.5. The molecule has 0 saturated heterocycles. The zero-order chi connectivity index (χ0) is 18.7. The van der Waals surface area contributed by atoms with Crippen molar-refractivity contribution in [2.75, 3.05) is 0 Å². The van der Waals surface area contributed by atoms with Crippen LogP contribution in [0.2, 0.25) is 0 Å². The van der Waals surface area contributed by atoms with E-state index in [2.05, 4.69) is 11.9 Å². The van der Waals surface area contributed by atoms with E-state index >= 15 is 0 Å². The first-order valence-electron chi connectivity index (χ1n) is 7.89. The van der Waals surface area contributed by atoms with Gasteiger partial charge in [0.1, 0.15) is 5.75 Å². The number of aromatic hydroxyl groups is 1. The van der Waals surface area contributed by atoms with E-state index in [4.69, 9.17) is 0 Å². The van der Waals surface area contributed by atoms with Gasteiger partial charge in [-0.15, -0.1) is 0 Å². The summed E-state index contributed by atoms with van der Waals surface area (Å²) in [5.41, 5.74) is 1.08. The number of rotatable bonds is 5. The van der Waals surface area contributed by atoms with Crippen molar-refractivity contribution < 1.29 is 14.8 Å². The minimum Gasteiger partial charge on any atom is -0.508 e. The van der Waals surface area contributed by atoms with Crippen LogP contribution >= 0.6 is 0 Å². The number of nitro benzene ring substituents is 1. The van der Waals surface area contributed by atoms with Crippen LogP contribution < -0.4 is 5.32 Å². The maximum absolute atomic E-state index is 12.0. The summed E-state index contributed by atoms with van der Waals surface area (Å²) in [6, 6.07) is 16.0. The molecule has 0 aliphatic carbocycles. The number of phenols is 1. The van der Waals surface area contributed by atoms with Crippen LogP contribution in [0.4, 0.5) is 5.69 Å². The smallest absolute Gasteiger partial charge is 0.269 e. The van der Waals surface area contributed by atoms with Crippen molar-refractivity contribution in [1.82, 2.24) is 5.32 Å². The second kappa shape index (κ2) is 7.06. The molecule has 0 aliphatic rings. The van der Waals surface area contributed by atoms with Gasteiger partial charge in [-0.3, -0.25) is 14.9 Å². The number of nitrogens with zero attached hydrogens (tertiary/aromatic N) is 1. The number of phenolic OH excluding ortho intramolecular Hbond substituents is 1. The molecule has 1 atom stereocenters. The van der Waals surface area contributed by atoms with Gasteiger partial charge in [0.25, 0.3) is 5.69 Å². The third-order valence-corrected chi connectivity index (χ3v) is 4.15. The second-order valence-corrected chi connectivity index (χ2v) is 5.71. The number of nitrogens with one attached hydrogen (secondary N) is 1. The molecule has 0 radical (unpaired) electrons. The summed E-state index contributed by atoms with van der Waals surface area (Å²) in [5, 5.41) is 25.8. The molecular weight excluding hydrogens is 332 g/mol. The predicted octanol–water partition coefficient (Wildman–Crippen LogP) is 3.85. The Bertz CT molecular complexity index is 996. The number of carbonyl (C=O) groups excluding carboxylic acids is 1. The highest BCUT2D eigenvalue weighted by Crippen LogP contribution is 2.36. The first kappa shape index (κ1) is 17.2. The van der Waals surface area contributed by atoms with Gasteiger partial charge < -0.3 is 10.4 Å². The van der Waals surface area contributed by atoms with E-state index in [0.717, 1.165) is 16.8 Å². The second-order valence-electron chi connectivity index (χ2n) is 5.71. The lowest BCUT2D eigenvalue weighted by atomic mass is 9.92. The van der Waals surface area contributed by atoms with Crippen LogP contribution in [0.5, 0.6) is 5.75 Å². The predicted molar refractivity (Wildman–Crippen MR) is 98.9 cm³/mol. The number of nitro groups is 1. The van der Waals surface area contributed by atoms with Crippen molar-refractivity contribution in [2.45, 2.75) is 6.04 Å². The third kappa shape index (κ3) is 3.25. The fourth-order valence-electron chi connectivity index (χ4n) is 2.90. The first-order valence-corrected chi connectivity index (χ1v) is 7.89. The molecule has 0 fully saturated rings. The molecule has 6 nitrogen and oxygen atoms in total. The Morgan fingerprint density at radius 1 is 1.12 bits per heavy atom. The normalized spacial score (nSPS) is 11.7. The van der Waals surface area contributed by atoms with E-state index < -0.39 is 16.9 Å². The van der Waals surface area contributed by atoms with Crippen molar-refractivity contribution in [2.24, 2.45) is 0 Å². The van der Waals surface area contributed by atoms with Gasteiger partial charge >= 0.3 is 0 Å². The highest BCUT2D eigenvalue weighted by molar-refractivity contribution is 5.91. The molecule has 3 aromatic carbocycles. The molecule has 0 aromatic heterocycles. The van der Waals surface area contributed by atoms with Crippen LogP contribution in [0, 0.1) is 10.1 Å². The molecular formula is C20H16N2O4. The van der Waals surface area contributed by atoms with Crippen molar-refractivity contribution in [3.05, 3.63) is 94.6 Å². The quantitative estimate of drug-likeness (QED) is 0.416. The molecule has 0 bridgehead atoms. The summed E-state index contributed by atoms with van der Waals surface area (Å²) in [5.74, 6) is -0.392. The molecule has 26 heavy (non-hydrogen) atoms. The van der Waals surface area contributed by atoms with Gasteiger partial charge in [0.2, 0.25) is 5.91 Å². The number of hydrogen-bond acceptors (Lipinski definition) is 4. The molecule has 6 heteroatoms. The molecule has 0 saturated carbocycles. The van der Waals surface area contributed by atoms with Gasteiger partial charge in [-0.2, -0.15) is 0 Å². The van der Waals surface area contributed by atoms with Crippen LogP contribution in [0.1, 0.15) is 17.2 Å². The molecule has 0 heterocycles. The van der Waals surface area contributed by atoms with Gasteiger partial charge in [0, 0.05) is 17.7 Å². The van der Waals surface area contributed by atoms with Gasteiger partial charge in [0.15, 0.2) is 0 Å². The van der Waals surface area contributed by atoms with E-state index in [1.165, 1.54) is 12.1 Å². The highest BCUT2D eigenvalue weighted by Gasteiger charge is 2.22. The number of non-ortho nitro benzene ring substituents is 1. The Balaban J connectivity index is 2.19. The Kier molecular flexibility index (Phi) is 4.66. The van der Waals surface area contributed by atoms with E-state index in [-0.39, 0.29) is 11.4 Å². The topological polar surface area (TPSA) is 92.5 Å². The zero-order valence-corrected chi connectivity index (χ0v) is 13.8. The van der Waals surface area contributed by atoms with E-state index in [1.54, 1.807) is 24.3 Å². The van der Waals surface area contributed by atoms with Crippen molar-refractivity contribution in [1.29, 1.82) is 0 Å². The van der Waals surface area contributed by atoms with Crippen molar-refractivity contribution in [3.8, 4) is 5.75 Å². The minimum atomic E-state index is -0.688. The zero-order valence-electron chi connectivity index (χ0n) is 13.8. The lowest BCUT2D eigenvalue weighted by Crippen LogP contribution is -2.27. The Hall–Kier alpha value is -3.67. The van der Waals surface area contributed by atoms with E-state index in [1.807, 2.05) is 24.3 Å². The molecule has 130 valence electrons. The summed E-state index contributed by atoms with van der Waals surface area (Å²) >= 11 is 0. The van der Waals surface area contributed by atoms with Crippen LogP contribution in [-0.4, -0.2) is 15.9 Å². The molecule has 1 unspecified atom stereocenters. The summed E-state index contributed by atoms with van der Waals surface area (Å²) < 4.78 is 0. The number of benzene rings is 3. The minimum absolute atomic E-state index is 0.0245. The van der Waals surface area contributed by atoms with Crippen LogP contribution in [0.3, 0.4) is 0 Å². The van der Waals surface area contributed by atoms with Crippen LogP contribution in [0.25, 0.3) is 10.8 Å². The molecule has 0 aliphatic heterocycles.